The number of aromatic nitrogens is 1. The average Bonchev–Trinajstić information content (AvgIpc) is 2.74. The molecule has 0 atom stereocenters. The largest absolute Gasteiger partial charge is 0.456 e. The highest BCUT2D eigenvalue weighted by Crippen LogP contribution is 2.50. The van der Waals surface area contributed by atoms with Gasteiger partial charge in [-0.25, -0.2) is 0 Å². The smallest absolute Gasteiger partial charge is 0.163 e. The molecule has 0 aliphatic carbocycles. The Balaban J connectivity index is 1.83. The maximum Gasteiger partial charge on any atom is 0.163 e. The minimum absolute atomic E-state index is 0.121. The van der Waals surface area contributed by atoms with Gasteiger partial charge >= 0.3 is 0 Å². The Morgan fingerprint density at radius 2 is 1.34 bits per heavy atom. The number of benzene rings is 3. The zero-order valence-corrected chi connectivity index (χ0v) is 25.4. The second-order valence-corrected chi connectivity index (χ2v) is 15.3. The van der Waals surface area contributed by atoms with E-state index in [0.717, 1.165) is 53.0 Å². The number of hydrogen-bond donors (Lipinski definition) is 0. The summed E-state index contributed by atoms with van der Waals surface area (Å²) in [6, 6.07) is 14.0. The molecular formula is C34H43B2NO. The Morgan fingerprint density at radius 1 is 0.711 bits per heavy atom. The molecule has 5 rings (SSSR count). The van der Waals surface area contributed by atoms with Gasteiger partial charge in [-0.05, 0) is 80.5 Å². The van der Waals surface area contributed by atoms with Crippen molar-refractivity contribution in [2.24, 2.45) is 16.2 Å². The van der Waals surface area contributed by atoms with Crippen molar-refractivity contribution in [3.63, 3.8) is 0 Å². The van der Waals surface area contributed by atoms with E-state index < -0.39 is 0 Å². The molecule has 1 aromatic heterocycles. The fraction of sp³-hybridized carbons (Fsp3) is 0.441. The summed E-state index contributed by atoms with van der Waals surface area (Å²) in [5.74, 6) is 1.95. The van der Waals surface area contributed by atoms with Gasteiger partial charge < -0.3 is 4.74 Å². The lowest BCUT2D eigenvalue weighted by Gasteiger charge is -2.29. The fourth-order valence-electron chi connectivity index (χ4n) is 6.05. The molecule has 0 unspecified atom stereocenters. The van der Waals surface area contributed by atoms with Gasteiger partial charge in [0.25, 0.3) is 0 Å². The van der Waals surface area contributed by atoms with Crippen molar-refractivity contribution in [1.29, 1.82) is 0 Å². The molecule has 0 bridgehead atoms. The van der Waals surface area contributed by atoms with Gasteiger partial charge in [-0.2, -0.15) is 0 Å². The van der Waals surface area contributed by atoms with Crippen LogP contribution < -0.4 is 15.8 Å². The molecule has 2 nitrogen and oxygen atoms in total. The third-order valence-electron chi connectivity index (χ3n) is 7.53. The van der Waals surface area contributed by atoms with E-state index in [1.54, 1.807) is 0 Å². The number of ether oxygens (including phenoxy) is 1. The standard InChI is InChI=1S/C34H43B2NO/c1-32(2,3)16-19-10-11-22-21(12-19)15-24-29-27-23(28(35)31(36)37-29)13-20(17-33(4,5)6)14-26(27)38-30(24)25(22)18-34(7,8)9/h10-15H,16-18,35-36H2,1-9H3. The second kappa shape index (κ2) is 8.90. The maximum atomic E-state index is 6.96. The van der Waals surface area contributed by atoms with Crippen molar-refractivity contribution in [3.05, 3.63) is 53.1 Å². The van der Waals surface area contributed by atoms with Crippen molar-refractivity contribution in [2.75, 3.05) is 0 Å². The van der Waals surface area contributed by atoms with E-state index in [1.165, 1.54) is 38.3 Å². The first-order valence-electron chi connectivity index (χ1n) is 14.2. The Hall–Kier alpha value is -2.74. The summed E-state index contributed by atoms with van der Waals surface area (Å²) in [6.07, 6.45) is 3.00. The van der Waals surface area contributed by atoms with Gasteiger partial charge in [0.05, 0.1) is 11.1 Å². The molecule has 196 valence electrons. The fourth-order valence-corrected chi connectivity index (χ4v) is 6.05. The van der Waals surface area contributed by atoms with E-state index >= 15 is 0 Å². The van der Waals surface area contributed by atoms with Crippen molar-refractivity contribution in [1.82, 2.24) is 4.98 Å². The van der Waals surface area contributed by atoms with E-state index in [-0.39, 0.29) is 16.2 Å². The van der Waals surface area contributed by atoms with E-state index in [2.05, 4.69) is 114 Å². The van der Waals surface area contributed by atoms with Gasteiger partial charge in [0, 0.05) is 11.1 Å². The van der Waals surface area contributed by atoms with Gasteiger partial charge in [0.1, 0.15) is 19.3 Å². The Kier molecular flexibility index (Phi) is 6.29. The molecule has 0 radical (unpaired) electrons. The van der Waals surface area contributed by atoms with Gasteiger partial charge in [-0.15, -0.1) is 0 Å². The minimum atomic E-state index is 0.121. The summed E-state index contributed by atoms with van der Waals surface area (Å²) < 4.78 is 6.96. The van der Waals surface area contributed by atoms with Crippen molar-refractivity contribution in [2.45, 2.75) is 81.6 Å². The molecule has 0 N–H and O–H groups in total. The van der Waals surface area contributed by atoms with Crippen LogP contribution in [-0.4, -0.2) is 20.7 Å². The van der Waals surface area contributed by atoms with E-state index in [0.29, 0.717) is 0 Å². The van der Waals surface area contributed by atoms with Crippen LogP contribution in [0, 0.1) is 16.2 Å². The van der Waals surface area contributed by atoms with Crippen molar-refractivity contribution < 1.29 is 4.74 Å². The lowest BCUT2D eigenvalue weighted by atomic mass is 9.78. The van der Waals surface area contributed by atoms with Crippen LogP contribution in [-0.2, 0) is 19.3 Å². The van der Waals surface area contributed by atoms with Crippen LogP contribution in [0.15, 0.2) is 36.4 Å². The molecule has 38 heavy (non-hydrogen) atoms. The first-order chi connectivity index (χ1) is 17.5. The number of hydrogen-bond acceptors (Lipinski definition) is 2. The molecule has 0 saturated carbocycles. The van der Waals surface area contributed by atoms with Crippen molar-refractivity contribution >= 4 is 48.3 Å². The minimum Gasteiger partial charge on any atom is -0.456 e. The number of fused-ring (bicyclic) bond motifs is 3. The molecular weight excluding hydrogens is 460 g/mol. The molecule has 2 heterocycles. The van der Waals surface area contributed by atoms with Crippen molar-refractivity contribution in [3.8, 4) is 22.8 Å². The summed E-state index contributed by atoms with van der Waals surface area (Å²) in [6.45, 7) is 20.8. The highest BCUT2D eigenvalue weighted by atomic mass is 16.5. The van der Waals surface area contributed by atoms with Crippen LogP contribution in [0.1, 0.15) is 79.0 Å². The van der Waals surface area contributed by atoms with E-state index in [4.69, 9.17) is 9.72 Å². The third kappa shape index (κ3) is 5.24. The number of nitrogens with zero attached hydrogens (tertiary/aromatic N) is 1. The quantitative estimate of drug-likeness (QED) is 0.264. The Bertz CT molecular complexity index is 1580. The maximum absolute atomic E-state index is 6.96. The first kappa shape index (κ1) is 26.9. The average molecular weight is 503 g/mol. The lowest BCUT2D eigenvalue weighted by molar-refractivity contribution is 0.398. The van der Waals surface area contributed by atoms with Crippen LogP contribution in [0.3, 0.4) is 0 Å². The molecule has 0 amide bonds. The Labute approximate surface area is 231 Å². The van der Waals surface area contributed by atoms with Crippen LogP contribution in [0.4, 0.5) is 0 Å². The monoisotopic (exact) mass is 503 g/mol. The topological polar surface area (TPSA) is 22.1 Å². The highest BCUT2D eigenvalue weighted by Gasteiger charge is 2.29. The predicted molar refractivity (Wildman–Crippen MR) is 171 cm³/mol. The highest BCUT2D eigenvalue weighted by molar-refractivity contribution is 6.52. The van der Waals surface area contributed by atoms with Gasteiger partial charge in [0.2, 0.25) is 0 Å². The summed E-state index contributed by atoms with van der Waals surface area (Å²) in [5, 5.41) is 5.01. The predicted octanol–water partition coefficient (Wildman–Crippen LogP) is 6.44. The van der Waals surface area contributed by atoms with E-state index in [9.17, 15) is 0 Å². The van der Waals surface area contributed by atoms with Crippen LogP contribution >= 0.6 is 0 Å². The Morgan fingerprint density at radius 3 is 1.97 bits per heavy atom. The molecule has 1 aliphatic rings. The molecule has 3 aromatic carbocycles. The second-order valence-electron chi connectivity index (χ2n) is 15.3. The van der Waals surface area contributed by atoms with Crippen LogP contribution in [0.25, 0.3) is 32.8 Å². The van der Waals surface area contributed by atoms with Crippen LogP contribution in [0.5, 0.6) is 11.5 Å². The van der Waals surface area contributed by atoms with Crippen LogP contribution in [0.2, 0.25) is 0 Å². The molecule has 1 aliphatic heterocycles. The summed E-state index contributed by atoms with van der Waals surface area (Å²) in [5.41, 5.74) is 9.11. The van der Waals surface area contributed by atoms with Gasteiger partial charge in [-0.3, -0.25) is 4.98 Å². The number of rotatable bonds is 3. The summed E-state index contributed by atoms with van der Waals surface area (Å²) in [4.78, 5) is 5.22. The number of pyridine rings is 1. The molecule has 4 heteroatoms. The first-order valence-corrected chi connectivity index (χ1v) is 14.2. The zero-order chi connectivity index (χ0) is 27.8. The van der Waals surface area contributed by atoms with Gasteiger partial charge in [-0.1, -0.05) is 92.0 Å². The SMILES string of the molecule is Bc1nc2c3c(cc(CC(C)(C)C)cc3c1B)Oc1c-2cc2cc(CC(C)(C)C)ccc2c1CC(C)(C)C. The van der Waals surface area contributed by atoms with Gasteiger partial charge in [0.15, 0.2) is 7.85 Å². The zero-order valence-electron chi connectivity index (χ0n) is 25.4. The molecule has 0 saturated heterocycles. The third-order valence-corrected chi connectivity index (χ3v) is 7.53. The molecule has 4 aromatic rings. The lowest BCUT2D eigenvalue weighted by Crippen LogP contribution is -2.31. The molecule has 0 fully saturated rings. The summed E-state index contributed by atoms with van der Waals surface area (Å²) >= 11 is 0. The molecule has 0 spiro atoms. The normalized spacial score (nSPS) is 13.6. The summed E-state index contributed by atoms with van der Waals surface area (Å²) in [7, 11) is 4.35. The van der Waals surface area contributed by atoms with E-state index in [1.807, 2.05) is 0 Å².